The van der Waals surface area contributed by atoms with Gasteiger partial charge in [0, 0.05) is 10.8 Å². The van der Waals surface area contributed by atoms with Crippen LogP contribution in [0.3, 0.4) is 0 Å². The molecule has 0 atom stereocenters. The number of aryl methyl sites for hydroxylation is 1. The Bertz CT molecular complexity index is 438. The highest BCUT2D eigenvalue weighted by Crippen LogP contribution is 2.20. The first kappa shape index (κ1) is 10.5. The van der Waals surface area contributed by atoms with E-state index < -0.39 is 0 Å². The van der Waals surface area contributed by atoms with E-state index in [0.717, 1.165) is 21.8 Å². The molecule has 0 aliphatic carbocycles. The largest absolute Gasteiger partial charge is 0.262 e. The third-order valence-corrected chi connectivity index (χ3v) is 3.03. The number of nitrogens with one attached hydrogen (secondary N) is 1. The average Bonchev–Trinajstić information content (AvgIpc) is 2.64. The second-order valence-corrected chi connectivity index (χ2v) is 4.50. The smallest absolute Gasteiger partial charge is 0.208 e. The predicted octanol–water partition coefficient (Wildman–Crippen LogP) is 3.06. The van der Waals surface area contributed by atoms with Gasteiger partial charge in [-0.1, -0.05) is 35.5 Å². The molecule has 3 nitrogen and oxygen atoms in total. The molecule has 0 unspecified atom stereocenters. The topological polar surface area (TPSA) is 41.6 Å². The summed E-state index contributed by atoms with van der Waals surface area (Å²) in [7, 11) is 0. The van der Waals surface area contributed by atoms with Gasteiger partial charge in [-0.3, -0.25) is 5.10 Å². The third kappa shape index (κ3) is 2.97. The highest BCUT2D eigenvalue weighted by atomic mass is 35.5. The van der Waals surface area contributed by atoms with E-state index >= 15 is 0 Å². The molecule has 2 rings (SSSR count). The minimum absolute atomic E-state index is 0.762. The van der Waals surface area contributed by atoms with Gasteiger partial charge in [0.2, 0.25) is 5.16 Å². The molecule has 0 fully saturated rings. The second kappa shape index (κ2) is 4.68. The van der Waals surface area contributed by atoms with Crippen molar-refractivity contribution in [3.05, 3.63) is 40.7 Å². The van der Waals surface area contributed by atoms with E-state index in [-0.39, 0.29) is 0 Å². The zero-order valence-corrected chi connectivity index (χ0v) is 9.77. The molecule has 1 aromatic carbocycles. The molecule has 0 saturated heterocycles. The number of halogens is 1. The van der Waals surface area contributed by atoms with Crippen LogP contribution in [-0.4, -0.2) is 15.2 Å². The van der Waals surface area contributed by atoms with Crippen LogP contribution in [0.2, 0.25) is 5.02 Å². The van der Waals surface area contributed by atoms with Crippen molar-refractivity contribution in [2.45, 2.75) is 17.8 Å². The average molecular weight is 240 g/mol. The minimum Gasteiger partial charge on any atom is -0.262 e. The first-order valence-electron chi connectivity index (χ1n) is 4.50. The fourth-order valence-corrected chi connectivity index (χ4v) is 2.04. The molecule has 1 N–H and O–H groups in total. The maximum absolute atomic E-state index is 5.80. The summed E-state index contributed by atoms with van der Waals surface area (Å²) in [6.45, 7) is 1.89. The highest BCUT2D eigenvalue weighted by molar-refractivity contribution is 7.98. The number of rotatable bonds is 3. The number of hydrogen-bond acceptors (Lipinski definition) is 3. The lowest BCUT2D eigenvalue weighted by Crippen LogP contribution is -1.81. The monoisotopic (exact) mass is 239 g/mol. The van der Waals surface area contributed by atoms with Crippen LogP contribution < -0.4 is 0 Å². The molecular formula is C10H10ClN3S. The molecular weight excluding hydrogens is 230 g/mol. The molecule has 78 valence electrons. The van der Waals surface area contributed by atoms with Gasteiger partial charge >= 0.3 is 0 Å². The van der Waals surface area contributed by atoms with Crippen molar-refractivity contribution in [1.82, 2.24) is 15.2 Å². The maximum Gasteiger partial charge on any atom is 0.208 e. The number of hydrogen-bond donors (Lipinski definition) is 1. The maximum atomic E-state index is 5.80. The lowest BCUT2D eigenvalue weighted by Gasteiger charge is -1.97. The van der Waals surface area contributed by atoms with Gasteiger partial charge in [0.05, 0.1) is 0 Å². The van der Waals surface area contributed by atoms with Gasteiger partial charge in [-0.2, -0.15) is 0 Å². The summed E-state index contributed by atoms with van der Waals surface area (Å²) < 4.78 is 0. The van der Waals surface area contributed by atoms with Gasteiger partial charge < -0.3 is 0 Å². The Hall–Kier alpha value is -1.00. The molecule has 0 aliphatic rings. The first-order valence-corrected chi connectivity index (χ1v) is 5.86. The molecule has 15 heavy (non-hydrogen) atoms. The number of H-pyrrole nitrogens is 1. The summed E-state index contributed by atoms with van der Waals surface area (Å²) in [6.07, 6.45) is 0. The van der Waals surface area contributed by atoms with Crippen molar-refractivity contribution < 1.29 is 0 Å². The van der Waals surface area contributed by atoms with E-state index in [1.807, 2.05) is 31.2 Å². The van der Waals surface area contributed by atoms with E-state index in [2.05, 4.69) is 15.2 Å². The number of nitrogens with zero attached hydrogens (tertiary/aromatic N) is 2. The normalized spacial score (nSPS) is 10.5. The summed E-state index contributed by atoms with van der Waals surface area (Å²) >= 11 is 7.40. The van der Waals surface area contributed by atoms with Crippen LogP contribution in [0.15, 0.2) is 29.4 Å². The summed E-state index contributed by atoms with van der Waals surface area (Å²) in [5.41, 5.74) is 1.21. The lowest BCUT2D eigenvalue weighted by atomic mass is 10.2. The van der Waals surface area contributed by atoms with Crippen LogP contribution in [0.5, 0.6) is 0 Å². The number of benzene rings is 1. The van der Waals surface area contributed by atoms with Crippen LogP contribution in [0, 0.1) is 6.92 Å². The van der Waals surface area contributed by atoms with Crippen LogP contribution in [0.1, 0.15) is 11.4 Å². The van der Waals surface area contributed by atoms with E-state index in [4.69, 9.17) is 11.6 Å². The summed E-state index contributed by atoms with van der Waals surface area (Å²) in [6, 6.07) is 7.80. The molecule has 0 bridgehead atoms. The van der Waals surface area contributed by atoms with Gasteiger partial charge in [-0.25, -0.2) is 4.98 Å². The predicted molar refractivity (Wildman–Crippen MR) is 62.1 cm³/mol. The van der Waals surface area contributed by atoms with E-state index in [9.17, 15) is 0 Å². The van der Waals surface area contributed by atoms with Crippen molar-refractivity contribution >= 4 is 23.4 Å². The quantitative estimate of drug-likeness (QED) is 0.837. The van der Waals surface area contributed by atoms with Crippen LogP contribution in [0.25, 0.3) is 0 Å². The Morgan fingerprint density at radius 3 is 2.67 bits per heavy atom. The van der Waals surface area contributed by atoms with Gasteiger partial charge in [0.25, 0.3) is 0 Å². The summed E-state index contributed by atoms with van der Waals surface area (Å²) in [5.74, 6) is 1.70. The molecule has 1 aromatic heterocycles. The van der Waals surface area contributed by atoms with E-state index in [1.54, 1.807) is 11.8 Å². The summed E-state index contributed by atoms with van der Waals surface area (Å²) in [5, 5.41) is 8.40. The zero-order chi connectivity index (χ0) is 10.7. The van der Waals surface area contributed by atoms with Gasteiger partial charge in [0.15, 0.2) is 0 Å². The van der Waals surface area contributed by atoms with E-state index in [0.29, 0.717) is 0 Å². The molecule has 0 aliphatic heterocycles. The van der Waals surface area contributed by atoms with Gasteiger partial charge in [-0.05, 0) is 24.6 Å². The fraction of sp³-hybridized carbons (Fsp3) is 0.200. The molecule has 1 heterocycles. The van der Waals surface area contributed by atoms with Gasteiger partial charge in [-0.15, -0.1) is 5.10 Å². The van der Waals surface area contributed by atoms with Crippen molar-refractivity contribution in [2.24, 2.45) is 0 Å². The zero-order valence-electron chi connectivity index (χ0n) is 8.20. The lowest BCUT2D eigenvalue weighted by molar-refractivity contribution is 0.969. The molecule has 2 aromatic rings. The Labute approximate surface area is 97.3 Å². The molecule has 0 amide bonds. The Kier molecular flexibility index (Phi) is 3.28. The van der Waals surface area contributed by atoms with Crippen LogP contribution in [-0.2, 0) is 5.75 Å². The number of aromatic nitrogens is 3. The Balaban J connectivity index is 1.96. The van der Waals surface area contributed by atoms with Crippen LogP contribution in [0.4, 0.5) is 0 Å². The fourth-order valence-electron chi connectivity index (χ4n) is 1.12. The second-order valence-electron chi connectivity index (χ2n) is 3.12. The minimum atomic E-state index is 0.762. The van der Waals surface area contributed by atoms with Crippen molar-refractivity contribution in [1.29, 1.82) is 0 Å². The SMILES string of the molecule is Cc1nc(SCc2ccc(Cl)cc2)n[nH]1. The molecule has 5 heteroatoms. The standard InChI is InChI=1S/C10H10ClN3S/c1-7-12-10(14-13-7)15-6-8-2-4-9(11)5-3-8/h2-5H,6H2,1H3,(H,12,13,14). The van der Waals surface area contributed by atoms with Gasteiger partial charge in [0.1, 0.15) is 5.82 Å². The first-order chi connectivity index (χ1) is 7.24. The van der Waals surface area contributed by atoms with E-state index in [1.165, 1.54) is 5.56 Å². The molecule has 0 radical (unpaired) electrons. The Morgan fingerprint density at radius 1 is 1.33 bits per heavy atom. The highest BCUT2D eigenvalue weighted by Gasteiger charge is 2.01. The van der Waals surface area contributed by atoms with Crippen molar-refractivity contribution in [2.75, 3.05) is 0 Å². The summed E-state index contributed by atoms with van der Waals surface area (Å²) in [4.78, 5) is 4.21. The van der Waals surface area contributed by atoms with Crippen molar-refractivity contribution in [3.63, 3.8) is 0 Å². The van der Waals surface area contributed by atoms with Crippen LogP contribution >= 0.6 is 23.4 Å². The number of thioether (sulfide) groups is 1. The molecule has 0 saturated carbocycles. The Morgan fingerprint density at radius 2 is 2.07 bits per heavy atom. The number of aromatic amines is 1. The third-order valence-electron chi connectivity index (χ3n) is 1.86. The molecule has 0 spiro atoms. The van der Waals surface area contributed by atoms with Crippen molar-refractivity contribution in [3.8, 4) is 0 Å².